The number of methoxy groups -OCH3 is 1. The van der Waals surface area contributed by atoms with E-state index < -0.39 is 29.6 Å². The van der Waals surface area contributed by atoms with Crippen LogP contribution in [0.4, 0.5) is 4.79 Å². The fourth-order valence-electron chi connectivity index (χ4n) is 7.24. The second-order valence-electron chi connectivity index (χ2n) is 10.3. The van der Waals surface area contributed by atoms with E-state index >= 15 is 0 Å². The van der Waals surface area contributed by atoms with E-state index in [0.29, 0.717) is 19.3 Å². The van der Waals surface area contributed by atoms with Crippen LogP contribution in [0.25, 0.3) is 0 Å². The van der Waals surface area contributed by atoms with Gasteiger partial charge in [0.1, 0.15) is 11.4 Å². The summed E-state index contributed by atoms with van der Waals surface area (Å²) in [5.41, 5.74) is -1.89. The van der Waals surface area contributed by atoms with Gasteiger partial charge in [0.25, 0.3) is 0 Å². The monoisotopic (exact) mass is 448 g/mol. The van der Waals surface area contributed by atoms with Crippen molar-refractivity contribution in [2.75, 3.05) is 20.5 Å². The Morgan fingerprint density at radius 1 is 1.12 bits per heavy atom. The van der Waals surface area contributed by atoms with E-state index in [-0.39, 0.29) is 54.4 Å². The lowest BCUT2D eigenvalue weighted by atomic mass is 9.46. The molecule has 4 rings (SSSR count). The Bertz CT molecular complexity index is 877. The molecule has 0 aromatic rings. The van der Waals surface area contributed by atoms with Gasteiger partial charge in [-0.2, -0.15) is 0 Å². The van der Waals surface area contributed by atoms with Crippen LogP contribution in [-0.4, -0.2) is 54.7 Å². The molecule has 3 saturated carbocycles. The average molecular weight is 449 g/mol. The van der Waals surface area contributed by atoms with Crippen LogP contribution >= 0.6 is 0 Å². The molecule has 0 spiro atoms. The third-order valence-electron chi connectivity index (χ3n) is 8.88. The van der Waals surface area contributed by atoms with E-state index in [4.69, 9.17) is 4.74 Å². The number of carbonyl (C=O) groups is 4. The first-order valence-corrected chi connectivity index (χ1v) is 11.4. The molecule has 0 heterocycles. The molecule has 0 amide bonds. The number of hydrogen-bond donors (Lipinski definition) is 1. The highest BCUT2D eigenvalue weighted by atomic mass is 16.8. The maximum absolute atomic E-state index is 13.6. The van der Waals surface area contributed by atoms with Gasteiger partial charge in [-0.1, -0.05) is 19.4 Å². The summed E-state index contributed by atoms with van der Waals surface area (Å²) in [7, 11) is 1.35. The number of rotatable bonds is 5. The van der Waals surface area contributed by atoms with E-state index in [0.717, 1.165) is 18.4 Å². The first-order valence-electron chi connectivity index (χ1n) is 11.4. The minimum atomic E-state index is -1.74. The smallest absolute Gasteiger partial charge is 0.426 e. The zero-order valence-electron chi connectivity index (χ0n) is 19.0. The predicted molar refractivity (Wildman–Crippen MR) is 111 cm³/mol. The maximum atomic E-state index is 13.6. The van der Waals surface area contributed by atoms with Crippen molar-refractivity contribution >= 4 is 23.5 Å². The molecule has 176 valence electrons. The van der Waals surface area contributed by atoms with Gasteiger partial charge in [-0.05, 0) is 55.4 Å². The molecule has 0 aromatic carbocycles. The number of ketones is 3. The van der Waals surface area contributed by atoms with Crippen molar-refractivity contribution in [2.24, 2.45) is 28.6 Å². The summed E-state index contributed by atoms with van der Waals surface area (Å²) >= 11 is 0. The molecule has 0 saturated heterocycles. The lowest BCUT2D eigenvalue weighted by molar-refractivity contribution is -0.171. The summed E-state index contributed by atoms with van der Waals surface area (Å²) in [4.78, 5) is 50.1. The maximum Gasteiger partial charge on any atom is 0.510 e. The third-order valence-corrected chi connectivity index (χ3v) is 8.88. The normalized spacial score (nSPS) is 40.6. The molecule has 32 heavy (non-hydrogen) atoms. The fourth-order valence-corrected chi connectivity index (χ4v) is 7.24. The molecule has 1 N–H and O–H groups in total. The van der Waals surface area contributed by atoms with Crippen molar-refractivity contribution in [3.63, 3.8) is 0 Å². The average Bonchev–Trinajstić information content (AvgIpc) is 3.02. The summed E-state index contributed by atoms with van der Waals surface area (Å²) in [5.74, 6) is -0.527. The van der Waals surface area contributed by atoms with Crippen LogP contribution in [0.5, 0.6) is 0 Å². The second-order valence-corrected chi connectivity index (χ2v) is 10.3. The number of ether oxygens (including phenoxy) is 3. The highest BCUT2D eigenvalue weighted by Gasteiger charge is 2.68. The number of Topliss-reactive ketones (excluding diaryl/α,β-unsaturated/α-hetero) is 2. The Balaban J connectivity index is 1.56. The van der Waals surface area contributed by atoms with Crippen molar-refractivity contribution in [3.05, 3.63) is 11.6 Å². The van der Waals surface area contributed by atoms with Crippen LogP contribution in [0, 0.1) is 28.6 Å². The Hall–Kier alpha value is -2.06. The standard InChI is InChI=1S/C24H32O8/c1-22-8-6-15(25)10-14(22)4-5-16-17-7-9-24(29,23(17,2)11-18(26)20(16)22)19(27)12-31-21(28)32-13-30-3/h10,16-17,20,29H,4-9,11-13H2,1-3H3/t16-,17-,20+,22-,23-,24-/m0/s1. The molecule has 6 atom stereocenters. The minimum absolute atomic E-state index is 0.00981. The third kappa shape index (κ3) is 3.34. The van der Waals surface area contributed by atoms with Gasteiger partial charge in [-0.15, -0.1) is 0 Å². The minimum Gasteiger partial charge on any atom is -0.426 e. The summed E-state index contributed by atoms with van der Waals surface area (Å²) < 4.78 is 14.1. The molecule has 3 fully saturated rings. The van der Waals surface area contributed by atoms with Gasteiger partial charge in [0.05, 0.1) is 0 Å². The molecule has 0 unspecified atom stereocenters. The van der Waals surface area contributed by atoms with E-state index in [9.17, 15) is 24.3 Å². The summed E-state index contributed by atoms with van der Waals surface area (Å²) in [5, 5.41) is 11.5. The number of hydrogen-bond acceptors (Lipinski definition) is 8. The number of fused-ring (bicyclic) bond motifs is 5. The summed E-state index contributed by atoms with van der Waals surface area (Å²) in [6, 6.07) is 0. The quantitative estimate of drug-likeness (QED) is 0.504. The molecular weight excluding hydrogens is 416 g/mol. The van der Waals surface area contributed by atoms with Crippen LogP contribution in [0.15, 0.2) is 11.6 Å². The van der Waals surface area contributed by atoms with E-state index in [1.165, 1.54) is 7.11 Å². The van der Waals surface area contributed by atoms with E-state index in [1.807, 2.05) is 6.92 Å². The van der Waals surface area contributed by atoms with Crippen LogP contribution in [0.3, 0.4) is 0 Å². The van der Waals surface area contributed by atoms with Gasteiger partial charge in [-0.25, -0.2) is 4.79 Å². The van der Waals surface area contributed by atoms with E-state index in [1.54, 1.807) is 6.08 Å². The summed E-state index contributed by atoms with van der Waals surface area (Å²) in [6.45, 7) is 3.03. The lowest BCUT2D eigenvalue weighted by Crippen LogP contribution is -2.61. The summed E-state index contributed by atoms with van der Waals surface area (Å²) in [6.07, 6.45) is 4.34. The highest BCUT2D eigenvalue weighted by molar-refractivity contribution is 5.95. The second kappa shape index (κ2) is 8.06. The molecule has 0 aliphatic heterocycles. The number of allylic oxidation sites excluding steroid dienone is 1. The number of aliphatic hydroxyl groups is 1. The zero-order valence-corrected chi connectivity index (χ0v) is 19.0. The van der Waals surface area contributed by atoms with Crippen LogP contribution in [-0.2, 0) is 28.6 Å². The molecule has 0 radical (unpaired) electrons. The van der Waals surface area contributed by atoms with Crippen LogP contribution in [0.1, 0.15) is 58.8 Å². The first kappa shape index (κ1) is 23.1. The van der Waals surface area contributed by atoms with Gasteiger partial charge in [0.15, 0.2) is 19.2 Å². The van der Waals surface area contributed by atoms with Gasteiger partial charge in [0, 0.05) is 31.3 Å². The predicted octanol–water partition coefficient (Wildman–Crippen LogP) is 2.75. The Morgan fingerprint density at radius 2 is 1.88 bits per heavy atom. The van der Waals surface area contributed by atoms with Gasteiger partial charge >= 0.3 is 6.16 Å². The lowest BCUT2D eigenvalue weighted by Gasteiger charge is -2.57. The molecule has 0 aromatic heterocycles. The number of carbonyl (C=O) groups excluding carboxylic acids is 4. The van der Waals surface area contributed by atoms with Crippen molar-refractivity contribution in [2.45, 2.75) is 64.4 Å². The van der Waals surface area contributed by atoms with Crippen molar-refractivity contribution < 1.29 is 38.5 Å². The Morgan fingerprint density at radius 3 is 2.59 bits per heavy atom. The molecule has 4 aliphatic rings. The van der Waals surface area contributed by atoms with Crippen molar-refractivity contribution in [1.29, 1.82) is 0 Å². The van der Waals surface area contributed by atoms with E-state index in [2.05, 4.69) is 16.4 Å². The van der Waals surface area contributed by atoms with Gasteiger partial charge in [-0.3, -0.25) is 14.4 Å². The largest absolute Gasteiger partial charge is 0.510 e. The van der Waals surface area contributed by atoms with Crippen molar-refractivity contribution in [3.8, 4) is 0 Å². The van der Waals surface area contributed by atoms with Crippen molar-refractivity contribution in [1.82, 2.24) is 0 Å². The van der Waals surface area contributed by atoms with Crippen LogP contribution < -0.4 is 0 Å². The van der Waals surface area contributed by atoms with Crippen LogP contribution in [0.2, 0.25) is 0 Å². The Labute approximate surface area is 187 Å². The molecular formula is C24H32O8. The molecule has 4 aliphatic carbocycles. The zero-order chi connectivity index (χ0) is 23.3. The van der Waals surface area contributed by atoms with Gasteiger partial charge in [0.2, 0.25) is 5.78 Å². The topological polar surface area (TPSA) is 116 Å². The Kier molecular flexibility index (Phi) is 5.82. The SMILES string of the molecule is COCOC(=O)OCC(=O)[C@@]1(O)CC[C@H]2[C@@H]3CCC4=CC(=O)CC[C@]4(C)[C@H]3C(=O)C[C@@]21C. The first-order chi connectivity index (χ1) is 15.1. The molecule has 0 bridgehead atoms. The highest BCUT2D eigenvalue weighted by Crippen LogP contribution is 2.66. The molecule has 8 nitrogen and oxygen atoms in total. The van der Waals surface area contributed by atoms with Gasteiger partial charge < -0.3 is 19.3 Å². The fraction of sp³-hybridized carbons (Fsp3) is 0.750. The molecule has 8 heteroatoms.